The first kappa shape index (κ1) is 21.4. The molecule has 164 valence electrons. The number of benzene rings is 3. The molecule has 0 saturated carbocycles. The van der Waals surface area contributed by atoms with Crippen LogP contribution in [0.1, 0.15) is 29.9 Å². The van der Waals surface area contributed by atoms with E-state index >= 15 is 0 Å². The minimum Gasteiger partial charge on any atom is -0.496 e. The highest BCUT2D eigenvalue weighted by Gasteiger charge is 2.27. The van der Waals surface area contributed by atoms with E-state index in [0.29, 0.717) is 17.2 Å². The van der Waals surface area contributed by atoms with E-state index < -0.39 is 0 Å². The van der Waals surface area contributed by atoms with Crippen LogP contribution in [0, 0.1) is 10.1 Å². The third-order valence-electron chi connectivity index (χ3n) is 5.79. The van der Waals surface area contributed by atoms with Gasteiger partial charge in [0.25, 0.3) is 5.69 Å². The first-order valence-electron chi connectivity index (χ1n) is 10.7. The van der Waals surface area contributed by atoms with E-state index in [2.05, 4.69) is 21.5 Å². The third kappa shape index (κ3) is 4.88. The minimum atomic E-state index is -0.316. The molecule has 7 nitrogen and oxygen atoms in total. The van der Waals surface area contributed by atoms with Gasteiger partial charge in [-0.05, 0) is 48.6 Å². The first-order chi connectivity index (χ1) is 15.7. The fraction of sp³-hybridized carbons (Fsp3) is 0.240. The van der Waals surface area contributed by atoms with Crippen LogP contribution in [0.2, 0.25) is 0 Å². The lowest BCUT2D eigenvalue weighted by molar-refractivity contribution is -0.384. The number of piperidine rings is 1. The molecule has 0 aromatic heterocycles. The normalized spacial score (nSPS) is 14.5. The highest BCUT2D eigenvalue weighted by atomic mass is 16.6. The molecule has 0 amide bonds. The van der Waals surface area contributed by atoms with Gasteiger partial charge in [0.15, 0.2) is 0 Å². The molecule has 1 aliphatic rings. The molecule has 0 spiro atoms. The summed E-state index contributed by atoms with van der Waals surface area (Å²) in [5.74, 6) is 1.29. The summed E-state index contributed by atoms with van der Waals surface area (Å²) >= 11 is 0. The van der Waals surface area contributed by atoms with Gasteiger partial charge in [0.1, 0.15) is 11.4 Å². The fourth-order valence-electron chi connectivity index (χ4n) is 4.16. The second-order valence-electron chi connectivity index (χ2n) is 7.74. The van der Waals surface area contributed by atoms with Gasteiger partial charge in [-0.1, -0.05) is 42.5 Å². The zero-order valence-electron chi connectivity index (χ0n) is 18.0. The molecule has 1 N–H and O–H groups in total. The highest BCUT2D eigenvalue weighted by molar-refractivity contribution is 5.83. The van der Waals surface area contributed by atoms with Crippen molar-refractivity contribution < 1.29 is 9.66 Å². The monoisotopic (exact) mass is 430 g/mol. The van der Waals surface area contributed by atoms with Crippen LogP contribution in [0.4, 0.5) is 17.1 Å². The lowest BCUT2D eigenvalue weighted by Gasteiger charge is -2.34. The predicted molar refractivity (Wildman–Crippen MR) is 128 cm³/mol. The molecule has 1 aliphatic heterocycles. The molecule has 0 radical (unpaired) electrons. The minimum absolute atomic E-state index is 0.101. The molecule has 7 heteroatoms. The molecule has 1 heterocycles. The van der Waals surface area contributed by atoms with E-state index in [1.807, 2.05) is 60.7 Å². The zero-order chi connectivity index (χ0) is 22.3. The molecule has 3 aromatic rings. The average Bonchev–Trinajstić information content (AvgIpc) is 2.85. The van der Waals surface area contributed by atoms with Gasteiger partial charge in [0.2, 0.25) is 0 Å². The molecule has 1 fully saturated rings. The first-order valence-corrected chi connectivity index (χ1v) is 10.7. The Hall–Kier alpha value is -3.87. The number of hydrogen-bond donors (Lipinski definition) is 1. The molecule has 0 bridgehead atoms. The van der Waals surface area contributed by atoms with Crippen molar-refractivity contribution in [2.24, 2.45) is 5.10 Å². The second kappa shape index (κ2) is 9.96. The van der Waals surface area contributed by atoms with E-state index in [1.165, 1.54) is 5.56 Å². The summed E-state index contributed by atoms with van der Waals surface area (Å²) in [6.07, 6.45) is 3.43. The topological polar surface area (TPSA) is 80.0 Å². The van der Waals surface area contributed by atoms with E-state index in [-0.39, 0.29) is 10.6 Å². The largest absolute Gasteiger partial charge is 0.496 e. The van der Waals surface area contributed by atoms with Crippen LogP contribution in [0.5, 0.6) is 5.75 Å². The lowest BCUT2D eigenvalue weighted by atomic mass is 9.88. The Morgan fingerprint density at radius 1 is 1.06 bits per heavy atom. The Labute approximate surface area is 187 Å². The van der Waals surface area contributed by atoms with Crippen LogP contribution in [0.15, 0.2) is 77.9 Å². The maximum atomic E-state index is 11.8. The van der Waals surface area contributed by atoms with Crippen LogP contribution in [-0.2, 0) is 0 Å². The number of nitro groups is 1. The Morgan fingerprint density at radius 3 is 2.50 bits per heavy atom. The third-order valence-corrected chi connectivity index (χ3v) is 5.79. The number of nitrogens with one attached hydrogen (secondary N) is 1. The van der Waals surface area contributed by atoms with E-state index in [1.54, 1.807) is 19.4 Å². The van der Waals surface area contributed by atoms with Crippen molar-refractivity contribution in [2.75, 3.05) is 30.5 Å². The number of hydrogen-bond acceptors (Lipinski definition) is 6. The van der Waals surface area contributed by atoms with Gasteiger partial charge in [-0.25, -0.2) is 0 Å². The number of rotatable bonds is 7. The highest BCUT2D eigenvalue weighted by Crippen LogP contribution is 2.37. The number of nitrogens with zero attached hydrogens (tertiary/aromatic N) is 3. The van der Waals surface area contributed by atoms with Crippen molar-refractivity contribution in [3.63, 3.8) is 0 Å². The van der Waals surface area contributed by atoms with Crippen molar-refractivity contribution in [2.45, 2.75) is 18.8 Å². The Bertz CT molecular complexity index is 1090. The number of methoxy groups -OCH3 is 1. The lowest BCUT2D eigenvalue weighted by Crippen LogP contribution is -2.33. The molecule has 32 heavy (non-hydrogen) atoms. The van der Waals surface area contributed by atoms with Crippen molar-refractivity contribution in [1.82, 2.24) is 0 Å². The second-order valence-corrected chi connectivity index (χ2v) is 7.74. The SMILES string of the molecule is COc1ccccc1C1CCN(c2ccc(C=NNc3ccccc3)cc2[N+](=O)[O-])CC1. The van der Waals surface area contributed by atoms with Crippen LogP contribution >= 0.6 is 0 Å². The number of para-hydroxylation sites is 2. The number of ether oxygens (including phenoxy) is 1. The molecule has 0 unspecified atom stereocenters. The van der Waals surface area contributed by atoms with E-state index in [9.17, 15) is 10.1 Å². The quantitative estimate of drug-likeness (QED) is 0.307. The van der Waals surface area contributed by atoms with E-state index in [0.717, 1.165) is 37.4 Å². The summed E-state index contributed by atoms with van der Waals surface area (Å²) in [5.41, 5.74) is 6.42. The number of hydrazone groups is 1. The van der Waals surface area contributed by atoms with Crippen LogP contribution < -0.4 is 15.1 Å². The van der Waals surface area contributed by atoms with E-state index in [4.69, 9.17) is 4.74 Å². The summed E-state index contributed by atoms with van der Waals surface area (Å²) in [5, 5.41) is 16.0. The Balaban J connectivity index is 1.46. The molecule has 1 saturated heterocycles. The molecular weight excluding hydrogens is 404 g/mol. The fourth-order valence-corrected chi connectivity index (χ4v) is 4.16. The molecular formula is C25H26N4O3. The smallest absolute Gasteiger partial charge is 0.293 e. The van der Waals surface area contributed by atoms with Crippen molar-refractivity contribution in [3.05, 3.63) is 94.0 Å². The summed E-state index contributed by atoms with van der Waals surface area (Å²) in [6.45, 7) is 1.51. The standard InChI is InChI=1S/C25H26N4O3/c1-32-25-10-6-5-9-22(25)20-13-15-28(16-14-20)23-12-11-19(17-24(23)29(30)31)18-26-27-21-7-3-2-4-8-21/h2-12,17-18,20,27H,13-16H2,1H3. The molecule has 3 aromatic carbocycles. The van der Waals surface area contributed by atoms with Gasteiger partial charge < -0.3 is 9.64 Å². The maximum absolute atomic E-state index is 11.8. The van der Waals surface area contributed by atoms with Crippen LogP contribution in [0.25, 0.3) is 0 Å². The summed E-state index contributed by atoms with van der Waals surface area (Å²) in [7, 11) is 1.69. The zero-order valence-corrected chi connectivity index (χ0v) is 18.0. The number of nitro benzene ring substituents is 1. The molecule has 0 aliphatic carbocycles. The van der Waals surface area contributed by atoms with Gasteiger partial charge in [0.05, 0.1) is 23.9 Å². The van der Waals surface area contributed by atoms with Crippen molar-refractivity contribution >= 4 is 23.3 Å². The van der Waals surface area contributed by atoms with Gasteiger partial charge >= 0.3 is 0 Å². The Kier molecular flexibility index (Phi) is 6.65. The van der Waals surface area contributed by atoms with Gasteiger partial charge in [-0.15, -0.1) is 0 Å². The Morgan fingerprint density at radius 2 is 1.78 bits per heavy atom. The summed E-state index contributed by atoms with van der Waals surface area (Å²) < 4.78 is 5.51. The average molecular weight is 431 g/mol. The molecule has 4 rings (SSSR count). The summed E-state index contributed by atoms with van der Waals surface area (Å²) in [6, 6.07) is 22.9. The van der Waals surface area contributed by atoms with Crippen LogP contribution in [-0.4, -0.2) is 31.3 Å². The maximum Gasteiger partial charge on any atom is 0.293 e. The summed E-state index contributed by atoms with van der Waals surface area (Å²) in [4.78, 5) is 13.6. The van der Waals surface area contributed by atoms with Crippen molar-refractivity contribution in [1.29, 1.82) is 0 Å². The van der Waals surface area contributed by atoms with Gasteiger partial charge in [0, 0.05) is 24.7 Å². The van der Waals surface area contributed by atoms with Crippen molar-refractivity contribution in [3.8, 4) is 5.75 Å². The van der Waals surface area contributed by atoms with Gasteiger partial charge in [-0.3, -0.25) is 15.5 Å². The van der Waals surface area contributed by atoms with Crippen LogP contribution in [0.3, 0.4) is 0 Å². The predicted octanol–water partition coefficient (Wildman–Crippen LogP) is 5.43. The molecule has 0 atom stereocenters. The van der Waals surface area contributed by atoms with Gasteiger partial charge in [-0.2, -0.15) is 5.10 Å². The number of anilines is 2.